The van der Waals surface area contributed by atoms with Gasteiger partial charge in [-0.25, -0.2) is 0 Å². The van der Waals surface area contributed by atoms with E-state index in [-0.39, 0.29) is 12.5 Å². The number of nitrogens with one attached hydrogen (secondary N) is 2. The molecule has 0 radical (unpaired) electrons. The summed E-state index contributed by atoms with van der Waals surface area (Å²) in [6.45, 7) is 2.71. The molecule has 1 amide bonds. The molecule has 1 fully saturated rings. The Balaban J connectivity index is 1.61. The number of ether oxygens (including phenoxy) is 2. The second-order valence-corrected chi connectivity index (χ2v) is 5.01. The van der Waals surface area contributed by atoms with Crippen LogP contribution in [0.25, 0.3) is 0 Å². The molecular weight excluding hydrogens is 244 g/mol. The van der Waals surface area contributed by atoms with Crippen molar-refractivity contribution in [3.63, 3.8) is 0 Å². The maximum absolute atomic E-state index is 11.3. The van der Waals surface area contributed by atoms with Crippen LogP contribution in [0.1, 0.15) is 12.8 Å². The fourth-order valence-corrected chi connectivity index (χ4v) is 2.42. The summed E-state index contributed by atoms with van der Waals surface area (Å²) in [5.41, 5.74) is 1.73. The molecule has 1 saturated heterocycles. The molecular formula is C14H18N2O3. The Morgan fingerprint density at radius 1 is 1.42 bits per heavy atom. The van der Waals surface area contributed by atoms with E-state index in [0.717, 1.165) is 43.3 Å². The van der Waals surface area contributed by atoms with E-state index in [4.69, 9.17) is 9.47 Å². The van der Waals surface area contributed by atoms with E-state index >= 15 is 0 Å². The lowest BCUT2D eigenvalue weighted by Gasteiger charge is -2.23. The lowest BCUT2D eigenvalue weighted by Crippen LogP contribution is -2.26. The zero-order chi connectivity index (χ0) is 13.1. The summed E-state index contributed by atoms with van der Waals surface area (Å²) in [4.78, 5) is 11.3. The third kappa shape index (κ3) is 2.98. The Bertz CT molecular complexity index is 470. The Morgan fingerprint density at radius 3 is 3.21 bits per heavy atom. The quantitative estimate of drug-likeness (QED) is 0.873. The van der Waals surface area contributed by atoms with Crippen LogP contribution in [0.5, 0.6) is 5.75 Å². The largest absolute Gasteiger partial charge is 0.482 e. The maximum Gasteiger partial charge on any atom is 0.262 e. The van der Waals surface area contributed by atoms with Crippen molar-refractivity contribution in [1.29, 1.82) is 0 Å². The highest BCUT2D eigenvalue weighted by Crippen LogP contribution is 2.30. The first-order chi connectivity index (χ1) is 9.31. The number of carbonyl (C=O) groups excluding carboxylic acids is 1. The van der Waals surface area contributed by atoms with Crippen molar-refractivity contribution in [3.05, 3.63) is 18.2 Å². The number of rotatable bonds is 3. The number of anilines is 2. The van der Waals surface area contributed by atoms with Crippen LogP contribution in [0, 0.1) is 5.92 Å². The summed E-state index contributed by atoms with van der Waals surface area (Å²) in [7, 11) is 0. The van der Waals surface area contributed by atoms with Gasteiger partial charge in [0.05, 0.1) is 12.3 Å². The molecule has 5 heteroatoms. The first-order valence-corrected chi connectivity index (χ1v) is 6.69. The number of hydrogen-bond acceptors (Lipinski definition) is 4. The molecule has 1 aromatic rings. The van der Waals surface area contributed by atoms with Crippen molar-refractivity contribution in [2.45, 2.75) is 12.8 Å². The standard InChI is InChI=1S/C14H18N2O3/c17-14-9-19-13-4-3-11(6-12(13)16-14)15-7-10-2-1-5-18-8-10/h3-4,6,10,15H,1-2,5,7-9H2,(H,16,17). The van der Waals surface area contributed by atoms with Gasteiger partial charge in [0.1, 0.15) is 5.75 Å². The van der Waals surface area contributed by atoms with Gasteiger partial charge in [-0.3, -0.25) is 4.79 Å². The van der Waals surface area contributed by atoms with E-state index in [2.05, 4.69) is 10.6 Å². The van der Waals surface area contributed by atoms with E-state index in [1.807, 2.05) is 18.2 Å². The number of amides is 1. The van der Waals surface area contributed by atoms with Crippen LogP contribution >= 0.6 is 0 Å². The lowest BCUT2D eigenvalue weighted by atomic mass is 10.0. The summed E-state index contributed by atoms with van der Waals surface area (Å²) in [5.74, 6) is 1.19. The molecule has 0 aliphatic carbocycles. The average molecular weight is 262 g/mol. The first-order valence-electron chi connectivity index (χ1n) is 6.69. The van der Waals surface area contributed by atoms with Gasteiger partial charge < -0.3 is 20.1 Å². The van der Waals surface area contributed by atoms with E-state index in [0.29, 0.717) is 5.92 Å². The normalized spacial score (nSPS) is 22.1. The van der Waals surface area contributed by atoms with Crippen LogP contribution in [0.4, 0.5) is 11.4 Å². The number of hydrogen-bond donors (Lipinski definition) is 2. The second-order valence-electron chi connectivity index (χ2n) is 5.01. The Labute approximate surface area is 112 Å². The number of fused-ring (bicyclic) bond motifs is 1. The molecule has 5 nitrogen and oxygen atoms in total. The molecule has 2 aliphatic heterocycles. The van der Waals surface area contributed by atoms with E-state index in [1.165, 1.54) is 6.42 Å². The zero-order valence-corrected chi connectivity index (χ0v) is 10.8. The van der Waals surface area contributed by atoms with Crippen LogP contribution in [0.2, 0.25) is 0 Å². The van der Waals surface area contributed by atoms with E-state index < -0.39 is 0 Å². The van der Waals surface area contributed by atoms with Gasteiger partial charge in [0.2, 0.25) is 0 Å². The van der Waals surface area contributed by atoms with Gasteiger partial charge in [-0.1, -0.05) is 0 Å². The predicted octanol–water partition coefficient (Wildman–Crippen LogP) is 1.86. The molecule has 102 valence electrons. The molecule has 3 rings (SSSR count). The summed E-state index contributed by atoms with van der Waals surface area (Å²) in [6, 6.07) is 5.77. The summed E-state index contributed by atoms with van der Waals surface area (Å²) in [5, 5.41) is 6.20. The Morgan fingerprint density at radius 2 is 2.37 bits per heavy atom. The van der Waals surface area contributed by atoms with Crippen LogP contribution in [-0.2, 0) is 9.53 Å². The molecule has 0 spiro atoms. The summed E-state index contributed by atoms with van der Waals surface area (Å²) in [6.07, 6.45) is 2.35. The fraction of sp³-hybridized carbons (Fsp3) is 0.500. The SMILES string of the molecule is O=C1COc2ccc(NCC3CCCOC3)cc2N1. The third-order valence-electron chi connectivity index (χ3n) is 3.46. The van der Waals surface area contributed by atoms with Crippen molar-refractivity contribution in [1.82, 2.24) is 0 Å². The Hall–Kier alpha value is -1.75. The predicted molar refractivity (Wildman–Crippen MR) is 72.6 cm³/mol. The summed E-state index contributed by atoms with van der Waals surface area (Å²) < 4.78 is 10.8. The Kier molecular flexibility index (Phi) is 3.55. The monoisotopic (exact) mass is 262 g/mol. The van der Waals surface area contributed by atoms with Gasteiger partial charge in [0.25, 0.3) is 5.91 Å². The summed E-state index contributed by atoms with van der Waals surface area (Å²) >= 11 is 0. The maximum atomic E-state index is 11.3. The van der Waals surface area contributed by atoms with Crippen LogP contribution in [-0.4, -0.2) is 32.3 Å². The molecule has 2 aliphatic rings. The van der Waals surface area contributed by atoms with Gasteiger partial charge in [-0.15, -0.1) is 0 Å². The van der Waals surface area contributed by atoms with Crippen LogP contribution < -0.4 is 15.4 Å². The minimum Gasteiger partial charge on any atom is -0.482 e. The highest BCUT2D eigenvalue weighted by atomic mass is 16.5. The number of carbonyl (C=O) groups is 1. The highest BCUT2D eigenvalue weighted by molar-refractivity contribution is 5.95. The van der Waals surface area contributed by atoms with Crippen LogP contribution in [0.15, 0.2) is 18.2 Å². The molecule has 1 aromatic carbocycles. The van der Waals surface area contributed by atoms with Gasteiger partial charge in [-0.05, 0) is 37.0 Å². The van der Waals surface area contributed by atoms with Gasteiger partial charge in [-0.2, -0.15) is 0 Å². The van der Waals surface area contributed by atoms with Crippen molar-refractivity contribution >= 4 is 17.3 Å². The first kappa shape index (κ1) is 12.3. The van der Waals surface area contributed by atoms with Gasteiger partial charge in [0.15, 0.2) is 6.61 Å². The minimum atomic E-state index is -0.106. The van der Waals surface area contributed by atoms with Gasteiger partial charge in [0, 0.05) is 18.8 Å². The van der Waals surface area contributed by atoms with Crippen molar-refractivity contribution in [3.8, 4) is 5.75 Å². The molecule has 2 heterocycles. The van der Waals surface area contributed by atoms with E-state index in [9.17, 15) is 4.79 Å². The van der Waals surface area contributed by atoms with Crippen molar-refractivity contribution < 1.29 is 14.3 Å². The molecule has 0 saturated carbocycles. The van der Waals surface area contributed by atoms with Crippen molar-refractivity contribution in [2.24, 2.45) is 5.92 Å². The molecule has 1 atom stereocenters. The molecule has 2 N–H and O–H groups in total. The molecule has 19 heavy (non-hydrogen) atoms. The third-order valence-corrected chi connectivity index (χ3v) is 3.46. The molecule has 0 aromatic heterocycles. The topological polar surface area (TPSA) is 59.6 Å². The average Bonchev–Trinajstić information content (AvgIpc) is 2.46. The van der Waals surface area contributed by atoms with Gasteiger partial charge >= 0.3 is 0 Å². The fourth-order valence-electron chi connectivity index (χ4n) is 2.42. The zero-order valence-electron chi connectivity index (χ0n) is 10.8. The molecule has 0 bridgehead atoms. The lowest BCUT2D eigenvalue weighted by molar-refractivity contribution is -0.118. The minimum absolute atomic E-state index is 0.0964. The van der Waals surface area contributed by atoms with Crippen molar-refractivity contribution in [2.75, 3.05) is 37.0 Å². The molecule has 1 unspecified atom stereocenters. The smallest absolute Gasteiger partial charge is 0.262 e. The number of benzene rings is 1. The highest BCUT2D eigenvalue weighted by Gasteiger charge is 2.17. The second kappa shape index (κ2) is 5.48. The van der Waals surface area contributed by atoms with E-state index in [1.54, 1.807) is 0 Å². The van der Waals surface area contributed by atoms with Crippen LogP contribution in [0.3, 0.4) is 0 Å².